The van der Waals surface area contributed by atoms with Gasteiger partial charge in [-0.1, -0.05) is 30.7 Å². The van der Waals surface area contributed by atoms with Crippen LogP contribution in [0.3, 0.4) is 0 Å². The summed E-state index contributed by atoms with van der Waals surface area (Å²) in [5, 5.41) is 3.25. The summed E-state index contributed by atoms with van der Waals surface area (Å²) in [6, 6.07) is 9.17. The third-order valence-electron chi connectivity index (χ3n) is 5.40. The first kappa shape index (κ1) is 26.0. The highest BCUT2D eigenvalue weighted by molar-refractivity contribution is 7.99. The fourth-order valence-corrected chi connectivity index (χ4v) is 4.87. The van der Waals surface area contributed by atoms with Crippen LogP contribution in [-0.4, -0.2) is 34.4 Å². The Balaban J connectivity index is 1.73. The third kappa shape index (κ3) is 6.02. The molecule has 3 aromatic rings. The van der Waals surface area contributed by atoms with Crippen LogP contribution >= 0.6 is 23.4 Å². The molecule has 7 nitrogen and oxygen atoms in total. The quantitative estimate of drug-likeness (QED) is 0.420. The van der Waals surface area contributed by atoms with Crippen LogP contribution in [0.1, 0.15) is 39.0 Å². The van der Waals surface area contributed by atoms with Gasteiger partial charge in [-0.15, -0.1) is 11.8 Å². The standard InChI is InChI=1S/C26H27ClFN3O4S/c1-5-17-13-34-23(29-17)18-10-21-22(11-19(18)28)36-14-20(30-25(33)35-26(2,3)4)24(32)31(21)12-15-6-8-16(27)9-7-15/h6-11,13,20H,5,12,14H2,1-4H3,(H,30,33)/t20-/m0/s1. The lowest BCUT2D eigenvalue weighted by molar-refractivity contribution is -0.120. The maximum Gasteiger partial charge on any atom is 0.408 e. The van der Waals surface area contributed by atoms with Gasteiger partial charge < -0.3 is 19.4 Å². The number of nitrogens with zero attached hydrogens (tertiary/aromatic N) is 2. The second-order valence-corrected chi connectivity index (χ2v) is 10.9. The number of rotatable bonds is 5. The Labute approximate surface area is 218 Å². The second-order valence-electron chi connectivity index (χ2n) is 9.36. The summed E-state index contributed by atoms with van der Waals surface area (Å²) in [6.45, 7) is 7.35. The van der Waals surface area contributed by atoms with Gasteiger partial charge in [0.05, 0.1) is 23.5 Å². The van der Waals surface area contributed by atoms with Gasteiger partial charge in [-0.3, -0.25) is 4.79 Å². The van der Waals surface area contributed by atoms with E-state index in [1.165, 1.54) is 29.0 Å². The SMILES string of the molecule is CCc1coc(-c2cc3c(cc2F)SC[C@H](NC(=O)OC(C)(C)C)C(=O)N3Cc2ccc(Cl)cc2)n1. The van der Waals surface area contributed by atoms with Crippen molar-refractivity contribution in [3.8, 4) is 11.5 Å². The topological polar surface area (TPSA) is 84.7 Å². The molecule has 4 rings (SSSR count). The molecule has 2 heterocycles. The average molecular weight is 532 g/mol. The Hall–Kier alpha value is -3.04. The molecule has 1 atom stereocenters. The van der Waals surface area contributed by atoms with Crippen LogP contribution in [0, 0.1) is 5.82 Å². The van der Waals surface area contributed by atoms with Crippen LogP contribution in [0.25, 0.3) is 11.5 Å². The number of carbonyl (C=O) groups excluding carboxylic acids is 2. The molecule has 0 bridgehead atoms. The number of benzene rings is 2. The van der Waals surface area contributed by atoms with Gasteiger partial charge in [0.1, 0.15) is 23.7 Å². The number of carbonyl (C=O) groups is 2. The van der Waals surface area contributed by atoms with E-state index in [9.17, 15) is 9.59 Å². The molecule has 0 saturated heterocycles. The summed E-state index contributed by atoms with van der Waals surface area (Å²) >= 11 is 7.32. The van der Waals surface area contributed by atoms with E-state index >= 15 is 4.39 Å². The number of thioether (sulfide) groups is 1. The van der Waals surface area contributed by atoms with E-state index in [-0.39, 0.29) is 29.7 Å². The molecular formula is C26H27ClFN3O4S. The highest BCUT2D eigenvalue weighted by Crippen LogP contribution is 2.40. The monoisotopic (exact) mass is 531 g/mol. The number of hydrogen-bond donors (Lipinski definition) is 1. The number of aromatic nitrogens is 1. The van der Waals surface area contributed by atoms with Crippen molar-refractivity contribution in [2.75, 3.05) is 10.7 Å². The fraction of sp³-hybridized carbons (Fsp3) is 0.346. The number of amides is 2. The minimum atomic E-state index is -0.885. The highest BCUT2D eigenvalue weighted by atomic mass is 35.5. The van der Waals surface area contributed by atoms with Crippen molar-refractivity contribution >= 4 is 41.1 Å². The van der Waals surface area contributed by atoms with Gasteiger partial charge in [0.2, 0.25) is 5.89 Å². The van der Waals surface area contributed by atoms with Crippen LogP contribution in [0.15, 0.2) is 52.0 Å². The van der Waals surface area contributed by atoms with E-state index in [1.54, 1.807) is 39.0 Å². The third-order valence-corrected chi connectivity index (χ3v) is 6.79. The summed E-state index contributed by atoms with van der Waals surface area (Å²) in [4.78, 5) is 32.7. The Morgan fingerprint density at radius 2 is 2.03 bits per heavy atom. The molecule has 190 valence electrons. The number of halogens is 2. The largest absolute Gasteiger partial charge is 0.444 e. The summed E-state index contributed by atoms with van der Waals surface area (Å²) in [5.74, 6) is -0.506. The van der Waals surface area contributed by atoms with E-state index in [0.717, 1.165) is 5.56 Å². The number of oxazole rings is 1. The summed E-state index contributed by atoms with van der Waals surface area (Å²) < 4.78 is 26.0. The van der Waals surface area contributed by atoms with Crippen LogP contribution < -0.4 is 10.2 Å². The molecular weight excluding hydrogens is 505 g/mol. The van der Waals surface area contributed by atoms with Gasteiger partial charge in [-0.2, -0.15) is 0 Å². The van der Waals surface area contributed by atoms with Crippen molar-refractivity contribution in [3.05, 3.63) is 64.8 Å². The van der Waals surface area contributed by atoms with Gasteiger partial charge in [-0.25, -0.2) is 14.2 Å². The number of fused-ring (bicyclic) bond motifs is 1. The molecule has 1 aliphatic heterocycles. The maximum atomic E-state index is 15.2. The number of nitrogens with one attached hydrogen (secondary N) is 1. The smallest absolute Gasteiger partial charge is 0.408 e. The minimum absolute atomic E-state index is 0.142. The predicted molar refractivity (Wildman–Crippen MR) is 138 cm³/mol. The van der Waals surface area contributed by atoms with Gasteiger partial charge >= 0.3 is 6.09 Å². The lowest BCUT2D eigenvalue weighted by Gasteiger charge is -2.27. The van der Waals surface area contributed by atoms with Crippen molar-refractivity contribution in [1.82, 2.24) is 10.3 Å². The fourth-order valence-electron chi connectivity index (χ4n) is 3.67. The van der Waals surface area contributed by atoms with Gasteiger partial charge in [0.25, 0.3) is 5.91 Å². The lowest BCUT2D eigenvalue weighted by atomic mass is 10.1. The Morgan fingerprint density at radius 1 is 1.31 bits per heavy atom. The Bertz CT molecular complexity index is 1270. The summed E-state index contributed by atoms with van der Waals surface area (Å²) in [7, 11) is 0. The molecule has 0 fully saturated rings. The molecule has 0 spiro atoms. The minimum Gasteiger partial charge on any atom is -0.444 e. The van der Waals surface area contributed by atoms with Crippen LogP contribution in [0.5, 0.6) is 0 Å². The number of ether oxygens (including phenoxy) is 1. The maximum absolute atomic E-state index is 15.2. The zero-order valence-electron chi connectivity index (χ0n) is 20.4. The highest BCUT2D eigenvalue weighted by Gasteiger charge is 2.34. The van der Waals surface area contributed by atoms with Gasteiger partial charge in [0, 0.05) is 15.7 Å². The van der Waals surface area contributed by atoms with Crippen molar-refractivity contribution in [2.24, 2.45) is 0 Å². The normalized spacial score (nSPS) is 15.9. The predicted octanol–water partition coefficient (Wildman–Crippen LogP) is 6.23. The Morgan fingerprint density at radius 3 is 2.67 bits per heavy atom. The van der Waals surface area contributed by atoms with E-state index in [4.69, 9.17) is 20.8 Å². The van der Waals surface area contributed by atoms with Crippen LogP contribution in [0.4, 0.5) is 14.9 Å². The first-order chi connectivity index (χ1) is 17.0. The molecule has 0 aliphatic carbocycles. The molecule has 0 unspecified atom stereocenters. The molecule has 1 aliphatic rings. The van der Waals surface area contributed by atoms with Gasteiger partial charge in [-0.05, 0) is 57.0 Å². The zero-order chi connectivity index (χ0) is 26.0. The summed E-state index contributed by atoms with van der Waals surface area (Å²) in [5.41, 5.74) is 1.45. The van der Waals surface area contributed by atoms with E-state index in [0.29, 0.717) is 27.7 Å². The van der Waals surface area contributed by atoms with E-state index in [1.807, 2.05) is 19.1 Å². The zero-order valence-corrected chi connectivity index (χ0v) is 22.0. The molecule has 10 heteroatoms. The molecule has 2 aromatic carbocycles. The average Bonchev–Trinajstić information content (AvgIpc) is 3.25. The molecule has 1 N–H and O–H groups in total. The van der Waals surface area contributed by atoms with Crippen molar-refractivity contribution in [3.63, 3.8) is 0 Å². The van der Waals surface area contributed by atoms with E-state index < -0.39 is 23.6 Å². The number of alkyl carbamates (subject to hydrolysis) is 1. The van der Waals surface area contributed by atoms with Crippen LogP contribution in [0.2, 0.25) is 5.02 Å². The molecule has 36 heavy (non-hydrogen) atoms. The van der Waals surface area contributed by atoms with Gasteiger partial charge in [0.15, 0.2) is 0 Å². The first-order valence-corrected chi connectivity index (χ1v) is 12.9. The van der Waals surface area contributed by atoms with E-state index in [2.05, 4.69) is 10.3 Å². The number of anilines is 1. The van der Waals surface area contributed by atoms with Crippen molar-refractivity contribution in [2.45, 2.75) is 57.2 Å². The molecule has 1 aromatic heterocycles. The first-order valence-electron chi connectivity index (χ1n) is 11.5. The van der Waals surface area contributed by atoms with Crippen molar-refractivity contribution < 1.29 is 23.1 Å². The Kier molecular flexibility index (Phi) is 7.61. The number of aryl methyl sites for hydroxylation is 1. The van der Waals surface area contributed by atoms with Crippen LogP contribution in [-0.2, 0) is 22.5 Å². The molecule has 0 radical (unpaired) electrons. The van der Waals surface area contributed by atoms with Crippen molar-refractivity contribution in [1.29, 1.82) is 0 Å². The second kappa shape index (κ2) is 10.5. The molecule has 2 amide bonds. The summed E-state index contributed by atoms with van der Waals surface area (Å²) in [6.07, 6.45) is 1.44. The number of hydrogen-bond acceptors (Lipinski definition) is 6. The molecule has 0 saturated carbocycles. The lowest BCUT2D eigenvalue weighted by Crippen LogP contribution is -2.50.